The molecule has 0 N–H and O–H groups in total. The normalized spacial score (nSPS) is 12.8. The van der Waals surface area contributed by atoms with E-state index in [-0.39, 0.29) is 0 Å². The topological polar surface area (TPSA) is 44.8 Å². The molecule has 0 fully saturated rings. The van der Waals surface area contributed by atoms with Crippen molar-refractivity contribution in [1.82, 2.24) is 0 Å². The van der Waals surface area contributed by atoms with Gasteiger partial charge in [-0.25, -0.2) is 0 Å². The molecular weight excluding hydrogens is 303 g/mol. The van der Waals surface area contributed by atoms with Gasteiger partial charge in [-0.05, 0) is 32.4 Å². The Hall–Kier alpha value is 0.327. The zero-order valence-electron chi connectivity index (χ0n) is 14.7. The van der Waals surface area contributed by atoms with Gasteiger partial charge in [0, 0.05) is 6.61 Å². The number of hydrogen-bond acceptors (Lipinski definition) is 4. The fourth-order valence-corrected chi connectivity index (χ4v) is 8.24. The lowest BCUT2D eigenvalue weighted by Crippen LogP contribution is -2.36. The molecule has 0 atom stereocenters. The van der Waals surface area contributed by atoms with Crippen LogP contribution in [0.5, 0.6) is 0 Å². The van der Waals surface area contributed by atoms with Crippen LogP contribution in [0.3, 0.4) is 0 Å². The van der Waals surface area contributed by atoms with Crippen LogP contribution in [0, 0.1) is 0 Å². The predicted molar refractivity (Wildman–Crippen MR) is 92.5 cm³/mol. The van der Waals surface area contributed by atoms with E-state index in [1.54, 1.807) is 0 Å². The minimum atomic E-state index is -3.01. The van der Waals surface area contributed by atoms with Gasteiger partial charge in [0.05, 0.1) is 19.0 Å². The molecule has 0 heterocycles. The fourth-order valence-electron chi connectivity index (χ4n) is 1.83. The molecule has 128 valence electrons. The average molecular weight is 339 g/mol. The van der Waals surface area contributed by atoms with Crippen molar-refractivity contribution in [2.75, 3.05) is 25.6 Å². The summed E-state index contributed by atoms with van der Waals surface area (Å²) in [6.07, 6.45) is 6.06. The first-order chi connectivity index (χ1) is 9.89. The Kier molecular flexibility index (Phi) is 12.0. The molecule has 0 unspecified atom stereocenters. The predicted octanol–water partition coefficient (Wildman–Crippen LogP) is 5.37. The highest BCUT2D eigenvalue weighted by atomic mass is 31.2. The molecule has 21 heavy (non-hydrogen) atoms. The Morgan fingerprint density at radius 1 is 0.810 bits per heavy atom. The highest BCUT2D eigenvalue weighted by Gasteiger charge is 2.36. The maximum absolute atomic E-state index is 12.9. The molecular formula is C15H35O4PSi. The molecule has 0 radical (unpaired) electrons. The van der Waals surface area contributed by atoms with E-state index >= 15 is 0 Å². The summed E-state index contributed by atoms with van der Waals surface area (Å²) >= 11 is 0. The third kappa shape index (κ3) is 11.5. The van der Waals surface area contributed by atoms with Crippen LogP contribution in [0.2, 0.25) is 13.1 Å². The van der Waals surface area contributed by atoms with Crippen molar-refractivity contribution >= 4 is 15.9 Å². The van der Waals surface area contributed by atoms with E-state index < -0.39 is 15.9 Å². The molecule has 0 aliphatic rings. The second-order valence-electron chi connectivity index (χ2n) is 6.10. The molecule has 0 aliphatic carbocycles. The van der Waals surface area contributed by atoms with E-state index in [4.69, 9.17) is 13.5 Å². The molecule has 0 bridgehead atoms. The Morgan fingerprint density at radius 2 is 1.24 bits per heavy atom. The molecule has 6 heteroatoms. The Labute approximate surface area is 132 Å². The maximum atomic E-state index is 12.9. The van der Waals surface area contributed by atoms with Crippen LogP contribution < -0.4 is 0 Å². The van der Waals surface area contributed by atoms with Crippen LogP contribution in [0.1, 0.15) is 59.3 Å². The van der Waals surface area contributed by atoms with Crippen LogP contribution in [-0.2, 0) is 18.0 Å². The maximum Gasteiger partial charge on any atom is 0.330 e. The quantitative estimate of drug-likeness (QED) is 0.242. The van der Waals surface area contributed by atoms with Crippen molar-refractivity contribution in [1.29, 1.82) is 0 Å². The SMILES string of the molecule is CCCCO[Si](C)(C)CP(=O)(OCCCC)OCCCC. The third-order valence-electron chi connectivity index (χ3n) is 3.14. The molecule has 0 aromatic heterocycles. The summed E-state index contributed by atoms with van der Waals surface area (Å²) in [6.45, 7) is 12.3. The second kappa shape index (κ2) is 11.8. The molecule has 0 aromatic rings. The summed E-state index contributed by atoms with van der Waals surface area (Å²) in [4.78, 5) is 0. The monoisotopic (exact) mass is 338 g/mol. The first-order valence-corrected chi connectivity index (χ1v) is 13.3. The lowest BCUT2D eigenvalue weighted by molar-refractivity contribution is 0.200. The smallest absolute Gasteiger partial charge is 0.330 e. The van der Waals surface area contributed by atoms with Crippen molar-refractivity contribution in [3.8, 4) is 0 Å². The van der Waals surface area contributed by atoms with Gasteiger partial charge in [0.25, 0.3) is 0 Å². The van der Waals surface area contributed by atoms with Crippen molar-refractivity contribution in [3.63, 3.8) is 0 Å². The fraction of sp³-hybridized carbons (Fsp3) is 1.00. The molecule has 0 rings (SSSR count). The molecule has 4 nitrogen and oxygen atoms in total. The summed E-state index contributed by atoms with van der Waals surface area (Å²) in [7, 11) is -5.02. The van der Waals surface area contributed by atoms with E-state index in [1.807, 2.05) is 0 Å². The average Bonchev–Trinajstić information content (AvgIpc) is 2.39. The van der Waals surface area contributed by atoms with E-state index in [0.717, 1.165) is 45.1 Å². The Morgan fingerprint density at radius 3 is 1.67 bits per heavy atom. The summed E-state index contributed by atoms with van der Waals surface area (Å²) in [5, 5.41) is 0. The highest BCUT2D eigenvalue weighted by molar-refractivity contribution is 7.56. The lowest BCUT2D eigenvalue weighted by atomic mass is 10.4. The van der Waals surface area contributed by atoms with Crippen molar-refractivity contribution in [2.45, 2.75) is 72.4 Å². The molecule has 0 aliphatic heterocycles. The summed E-state index contributed by atoms with van der Waals surface area (Å²) < 4.78 is 30.2. The van der Waals surface area contributed by atoms with Gasteiger partial charge < -0.3 is 13.5 Å². The van der Waals surface area contributed by atoms with E-state index in [1.165, 1.54) is 0 Å². The first kappa shape index (κ1) is 21.3. The van der Waals surface area contributed by atoms with Crippen molar-refractivity contribution < 1.29 is 18.0 Å². The minimum Gasteiger partial charge on any atom is -0.417 e. The Bertz CT molecular complexity index is 283. The number of hydrogen-bond donors (Lipinski definition) is 0. The Balaban J connectivity index is 4.50. The van der Waals surface area contributed by atoms with Crippen LogP contribution in [0.25, 0.3) is 0 Å². The highest BCUT2D eigenvalue weighted by Crippen LogP contribution is 2.50. The van der Waals surface area contributed by atoms with E-state index in [9.17, 15) is 4.57 Å². The van der Waals surface area contributed by atoms with Crippen LogP contribution >= 0.6 is 7.60 Å². The van der Waals surface area contributed by atoms with Gasteiger partial charge in [0.2, 0.25) is 0 Å². The van der Waals surface area contributed by atoms with Gasteiger partial charge in [-0.15, -0.1) is 0 Å². The van der Waals surface area contributed by atoms with Crippen LogP contribution in [0.15, 0.2) is 0 Å². The van der Waals surface area contributed by atoms with Crippen LogP contribution in [-0.4, -0.2) is 33.9 Å². The molecule has 0 saturated heterocycles. The lowest BCUT2D eigenvalue weighted by Gasteiger charge is -2.27. The molecule has 0 aromatic carbocycles. The van der Waals surface area contributed by atoms with Gasteiger partial charge in [-0.1, -0.05) is 40.0 Å². The van der Waals surface area contributed by atoms with Crippen molar-refractivity contribution in [2.24, 2.45) is 0 Å². The van der Waals surface area contributed by atoms with Gasteiger partial charge >= 0.3 is 7.60 Å². The number of rotatable bonds is 14. The summed E-state index contributed by atoms with van der Waals surface area (Å²) in [5.74, 6) is 0.455. The van der Waals surface area contributed by atoms with Gasteiger partial charge in [-0.3, -0.25) is 4.57 Å². The summed E-state index contributed by atoms with van der Waals surface area (Å²) in [6, 6.07) is 0. The zero-order valence-corrected chi connectivity index (χ0v) is 16.5. The second-order valence-corrected chi connectivity index (χ2v) is 12.9. The third-order valence-corrected chi connectivity index (χ3v) is 9.87. The van der Waals surface area contributed by atoms with Gasteiger partial charge in [0.1, 0.15) is 0 Å². The molecule has 0 saturated carbocycles. The largest absolute Gasteiger partial charge is 0.417 e. The van der Waals surface area contributed by atoms with E-state index in [0.29, 0.717) is 19.0 Å². The van der Waals surface area contributed by atoms with Crippen LogP contribution in [0.4, 0.5) is 0 Å². The minimum absolute atomic E-state index is 0.455. The molecule has 0 amide bonds. The zero-order chi connectivity index (χ0) is 16.2. The molecule has 0 spiro atoms. The van der Waals surface area contributed by atoms with Crippen molar-refractivity contribution in [3.05, 3.63) is 0 Å². The first-order valence-electron chi connectivity index (χ1n) is 8.41. The number of unbranched alkanes of at least 4 members (excludes halogenated alkanes) is 3. The van der Waals surface area contributed by atoms with Gasteiger partial charge in [0.15, 0.2) is 8.32 Å². The standard InChI is InChI=1S/C15H35O4PSi/c1-6-9-12-17-20(16,18-13-10-7-2)15-21(4,5)19-14-11-8-3/h6-15H2,1-5H3. The van der Waals surface area contributed by atoms with E-state index in [2.05, 4.69) is 33.9 Å². The van der Waals surface area contributed by atoms with Gasteiger partial charge in [-0.2, -0.15) is 0 Å². The summed E-state index contributed by atoms with van der Waals surface area (Å²) in [5.41, 5.74) is 0.